The molecule has 0 atom stereocenters. The molecule has 0 unspecified atom stereocenters. The molecule has 0 N–H and O–H groups in total. The van der Waals surface area contributed by atoms with Crippen molar-refractivity contribution in [1.82, 2.24) is 4.90 Å². The summed E-state index contributed by atoms with van der Waals surface area (Å²) < 4.78 is 6.71. The van der Waals surface area contributed by atoms with Crippen LogP contribution >= 0.6 is 62.5 Å². The zero-order valence-electron chi connectivity index (χ0n) is 21.0. The van der Waals surface area contributed by atoms with E-state index in [0.29, 0.717) is 42.8 Å². The summed E-state index contributed by atoms with van der Waals surface area (Å²) in [6.45, 7) is 0.293. The molecule has 1 heterocycles. The van der Waals surface area contributed by atoms with Crippen LogP contribution in [0.25, 0.3) is 6.08 Å². The first kappa shape index (κ1) is 28.4. The molecule has 1 saturated heterocycles. The molecule has 38 heavy (non-hydrogen) atoms. The van der Waals surface area contributed by atoms with Crippen LogP contribution in [0.3, 0.4) is 0 Å². The zero-order valence-corrected chi connectivity index (χ0v) is 25.7. The van der Waals surface area contributed by atoms with E-state index in [9.17, 15) is 4.79 Å². The molecule has 4 nitrogen and oxygen atoms in total. The van der Waals surface area contributed by atoms with Crippen LogP contribution in [0.15, 0.2) is 44.7 Å². The molecule has 1 aliphatic heterocycles. The minimum atomic E-state index is 0.0589. The first-order valence-electron chi connectivity index (χ1n) is 13.3. The molecule has 3 fully saturated rings. The predicted octanol–water partition coefficient (Wildman–Crippen LogP) is 9.93. The van der Waals surface area contributed by atoms with Crippen LogP contribution < -0.4 is 4.74 Å². The van der Waals surface area contributed by atoms with Crippen molar-refractivity contribution in [1.29, 1.82) is 0 Å². The third-order valence-corrected chi connectivity index (χ3v) is 9.94. The van der Waals surface area contributed by atoms with Gasteiger partial charge in [-0.25, -0.2) is 0 Å². The first-order chi connectivity index (χ1) is 18.4. The molecule has 0 bridgehead atoms. The van der Waals surface area contributed by atoms with Gasteiger partial charge in [0.25, 0.3) is 5.91 Å². The number of benzene rings is 2. The van der Waals surface area contributed by atoms with Crippen molar-refractivity contribution in [3.05, 3.63) is 65.9 Å². The first-order valence-corrected chi connectivity index (χ1v) is 16.0. The Labute approximate surface area is 252 Å². The van der Waals surface area contributed by atoms with Gasteiger partial charge in [-0.1, -0.05) is 79.4 Å². The van der Waals surface area contributed by atoms with Crippen molar-refractivity contribution in [3.63, 3.8) is 0 Å². The second kappa shape index (κ2) is 13.0. The Hall–Kier alpha value is -1.18. The number of carbonyl (C=O) groups is 1. The minimum absolute atomic E-state index is 0.0589. The van der Waals surface area contributed by atoms with E-state index in [2.05, 4.69) is 15.9 Å². The number of rotatable bonds is 6. The average molecular weight is 657 g/mol. The van der Waals surface area contributed by atoms with Gasteiger partial charge in [0.15, 0.2) is 10.9 Å². The second-order valence-electron chi connectivity index (χ2n) is 10.1. The standard InChI is InChI=1S/C29H30BrCl3N2O2S/c30-22-13-19(15-25(33)27(22)37-17-18-11-12-23(31)24(32)14-18)16-26-28(36)35(21-9-5-2-6-10-21)29(38-26)34-20-7-3-1-4-8-20/h11-16,20-21H,1-10,17H2. The van der Waals surface area contributed by atoms with Crippen LogP contribution in [0, 0.1) is 0 Å². The Morgan fingerprint density at radius 2 is 1.66 bits per heavy atom. The lowest BCUT2D eigenvalue weighted by atomic mass is 9.94. The Bertz CT molecular complexity index is 1230. The fourth-order valence-electron chi connectivity index (χ4n) is 5.34. The van der Waals surface area contributed by atoms with Gasteiger partial charge in [-0.2, -0.15) is 0 Å². The number of carbonyl (C=O) groups excluding carboxylic acids is 1. The van der Waals surface area contributed by atoms with Crippen molar-refractivity contribution in [2.45, 2.75) is 82.9 Å². The summed E-state index contributed by atoms with van der Waals surface area (Å²) in [6, 6.07) is 9.70. The van der Waals surface area contributed by atoms with Gasteiger partial charge in [0, 0.05) is 6.04 Å². The number of aliphatic imine (C=N–C) groups is 1. The largest absolute Gasteiger partial charge is 0.486 e. The van der Waals surface area contributed by atoms with Crippen LogP contribution in [-0.2, 0) is 11.4 Å². The lowest BCUT2D eigenvalue weighted by molar-refractivity contribution is -0.124. The molecular weight excluding hydrogens is 627 g/mol. The van der Waals surface area contributed by atoms with E-state index in [1.807, 2.05) is 29.2 Å². The number of hydrogen-bond donors (Lipinski definition) is 0. The minimum Gasteiger partial charge on any atom is -0.486 e. The Morgan fingerprint density at radius 1 is 0.947 bits per heavy atom. The lowest BCUT2D eigenvalue weighted by Gasteiger charge is -2.31. The van der Waals surface area contributed by atoms with Gasteiger partial charge in [0.1, 0.15) is 6.61 Å². The molecule has 0 aromatic heterocycles. The third-order valence-electron chi connectivity index (χ3n) is 7.33. The SMILES string of the molecule is O=C1C(=Cc2cc(Cl)c(OCc3ccc(Cl)c(Cl)c3)c(Br)c2)SC(=NC2CCCCC2)N1C1CCCCC1. The molecule has 1 amide bonds. The van der Waals surface area contributed by atoms with Crippen molar-refractivity contribution >= 4 is 79.6 Å². The van der Waals surface area contributed by atoms with Crippen LogP contribution in [0.1, 0.15) is 75.3 Å². The molecule has 2 saturated carbocycles. The van der Waals surface area contributed by atoms with Crippen molar-refractivity contribution in [2.75, 3.05) is 0 Å². The highest BCUT2D eigenvalue weighted by atomic mass is 79.9. The Kier molecular flexibility index (Phi) is 9.69. The highest BCUT2D eigenvalue weighted by Crippen LogP contribution is 2.41. The number of halogens is 4. The summed E-state index contributed by atoms with van der Waals surface area (Å²) in [5, 5.41) is 2.32. The Morgan fingerprint density at radius 3 is 2.34 bits per heavy atom. The molecule has 202 valence electrons. The maximum Gasteiger partial charge on any atom is 0.266 e. The van der Waals surface area contributed by atoms with E-state index in [1.54, 1.807) is 12.1 Å². The molecule has 2 aliphatic carbocycles. The highest BCUT2D eigenvalue weighted by Gasteiger charge is 2.39. The Balaban J connectivity index is 1.36. The van der Waals surface area contributed by atoms with E-state index in [-0.39, 0.29) is 11.9 Å². The summed E-state index contributed by atoms with van der Waals surface area (Å²) in [4.78, 5) is 21.5. The topological polar surface area (TPSA) is 41.9 Å². The van der Waals surface area contributed by atoms with E-state index < -0.39 is 0 Å². The molecule has 2 aromatic rings. The average Bonchev–Trinajstić information content (AvgIpc) is 3.20. The summed E-state index contributed by atoms with van der Waals surface area (Å²) in [6.07, 6.45) is 13.6. The van der Waals surface area contributed by atoms with Gasteiger partial charge in [-0.3, -0.25) is 14.7 Å². The van der Waals surface area contributed by atoms with Crippen molar-refractivity contribution in [3.8, 4) is 5.75 Å². The maximum absolute atomic E-state index is 13.7. The van der Waals surface area contributed by atoms with Crippen molar-refractivity contribution < 1.29 is 9.53 Å². The third kappa shape index (κ3) is 6.75. The van der Waals surface area contributed by atoms with Gasteiger partial charge < -0.3 is 4.74 Å². The van der Waals surface area contributed by atoms with Crippen LogP contribution in [0.5, 0.6) is 5.75 Å². The number of thioether (sulfide) groups is 1. The highest BCUT2D eigenvalue weighted by molar-refractivity contribution is 9.10. The van der Waals surface area contributed by atoms with Crippen LogP contribution in [0.2, 0.25) is 15.1 Å². The summed E-state index contributed by atoms with van der Waals surface area (Å²) in [5.41, 5.74) is 1.72. The van der Waals surface area contributed by atoms with Crippen molar-refractivity contribution in [2.24, 2.45) is 4.99 Å². The fourth-order valence-corrected chi connectivity index (χ4v) is 7.76. The number of ether oxygens (including phenoxy) is 1. The number of amidine groups is 1. The van der Waals surface area contributed by atoms with Gasteiger partial charge in [0.2, 0.25) is 0 Å². The van der Waals surface area contributed by atoms with Crippen LogP contribution in [0.4, 0.5) is 0 Å². The van der Waals surface area contributed by atoms with Gasteiger partial charge in [-0.05, 0) is 94.8 Å². The summed E-state index contributed by atoms with van der Waals surface area (Å²) in [7, 11) is 0. The van der Waals surface area contributed by atoms with E-state index in [0.717, 1.165) is 42.0 Å². The maximum atomic E-state index is 13.7. The lowest BCUT2D eigenvalue weighted by Crippen LogP contribution is -2.41. The van der Waals surface area contributed by atoms with E-state index >= 15 is 0 Å². The molecule has 3 aliphatic rings. The quantitative estimate of drug-likeness (QED) is 0.291. The van der Waals surface area contributed by atoms with Gasteiger partial charge in [0.05, 0.1) is 30.5 Å². The second-order valence-corrected chi connectivity index (χ2v) is 13.2. The van der Waals surface area contributed by atoms with Gasteiger partial charge in [-0.15, -0.1) is 0 Å². The van der Waals surface area contributed by atoms with E-state index in [1.165, 1.54) is 50.3 Å². The molecule has 2 aromatic carbocycles. The molecular formula is C29H30BrCl3N2O2S. The van der Waals surface area contributed by atoms with Gasteiger partial charge >= 0.3 is 0 Å². The number of nitrogens with zero attached hydrogens (tertiary/aromatic N) is 2. The predicted molar refractivity (Wildman–Crippen MR) is 164 cm³/mol. The normalized spacial score (nSPS) is 21.6. The molecule has 9 heteroatoms. The summed E-state index contributed by atoms with van der Waals surface area (Å²) >= 11 is 23.9. The molecule has 0 spiro atoms. The summed E-state index contributed by atoms with van der Waals surface area (Å²) in [5.74, 6) is 0.595. The molecule has 0 radical (unpaired) electrons. The zero-order chi connectivity index (χ0) is 26.6. The fraction of sp³-hybridized carbons (Fsp3) is 0.448. The molecule has 5 rings (SSSR count). The smallest absolute Gasteiger partial charge is 0.266 e. The number of hydrogen-bond acceptors (Lipinski definition) is 4. The number of amides is 1. The van der Waals surface area contributed by atoms with E-state index in [4.69, 9.17) is 44.5 Å². The monoisotopic (exact) mass is 654 g/mol. The van der Waals surface area contributed by atoms with Crippen LogP contribution in [-0.4, -0.2) is 28.1 Å².